The Morgan fingerprint density at radius 3 is 2.34 bits per heavy atom. The Balaban J connectivity index is 0.00000240. The van der Waals surface area contributed by atoms with E-state index in [0.29, 0.717) is 29.6 Å². The number of hydrogen-bond acceptors (Lipinski definition) is 4. The number of rotatable bonds is 4. The molecule has 5 heteroatoms. The first-order valence-corrected chi connectivity index (χ1v) is 11.7. The van der Waals surface area contributed by atoms with Crippen molar-refractivity contribution in [3.63, 3.8) is 0 Å². The van der Waals surface area contributed by atoms with E-state index in [2.05, 4.69) is 20.8 Å². The molecular formula is C24H39NaO4. The molecule has 0 heterocycles. The summed E-state index contributed by atoms with van der Waals surface area (Å²) in [4.78, 5) is 10.9. The third-order valence-electron chi connectivity index (χ3n) is 10.2. The van der Waals surface area contributed by atoms with E-state index in [9.17, 15) is 20.1 Å². The van der Waals surface area contributed by atoms with Crippen molar-refractivity contribution in [2.45, 2.75) is 97.2 Å². The molecule has 4 nitrogen and oxygen atoms in total. The van der Waals surface area contributed by atoms with Gasteiger partial charge >= 0.3 is 29.6 Å². The second-order valence-corrected chi connectivity index (χ2v) is 11.3. The van der Waals surface area contributed by atoms with Crippen LogP contribution in [0.4, 0.5) is 0 Å². The van der Waals surface area contributed by atoms with Gasteiger partial charge in [-0.3, -0.25) is 0 Å². The minimum atomic E-state index is -0.927. The second-order valence-electron chi connectivity index (χ2n) is 11.3. The van der Waals surface area contributed by atoms with Crippen LogP contribution < -0.4 is 34.7 Å². The molecule has 0 aromatic rings. The molecule has 2 N–H and O–H groups in total. The summed E-state index contributed by atoms with van der Waals surface area (Å²) < 4.78 is 0. The van der Waals surface area contributed by atoms with E-state index in [-0.39, 0.29) is 64.9 Å². The fourth-order valence-electron chi connectivity index (χ4n) is 8.80. The maximum Gasteiger partial charge on any atom is 1.00 e. The van der Waals surface area contributed by atoms with E-state index < -0.39 is 5.97 Å². The molecule has 8 unspecified atom stereocenters. The van der Waals surface area contributed by atoms with E-state index in [1.165, 1.54) is 25.7 Å². The minimum Gasteiger partial charge on any atom is -0.550 e. The number of hydrogen-bond donors (Lipinski definition) is 2. The van der Waals surface area contributed by atoms with Gasteiger partial charge in [0.15, 0.2) is 0 Å². The fourth-order valence-corrected chi connectivity index (χ4v) is 8.80. The molecule has 4 rings (SSSR count). The molecule has 0 aromatic carbocycles. The molecule has 0 spiro atoms. The summed E-state index contributed by atoms with van der Waals surface area (Å²) in [6, 6.07) is 0. The van der Waals surface area contributed by atoms with Gasteiger partial charge in [-0.25, -0.2) is 0 Å². The van der Waals surface area contributed by atoms with Crippen molar-refractivity contribution < 1.29 is 49.7 Å². The molecule has 0 aliphatic heterocycles. The summed E-state index contributed by atoms with van der Waals surface area (Å²) in [6.45, 7) is 7.11. The van der Waals surface area contributed by atoms with Crippen LogP contribution in [0.15, 0.2) is 0 Å². The number of aliphatic carboxylic acids is 1. The Labute approximate surface area is 198 Å². The normalized spacial score (nSPS) is 49.9. The van der Waals surface area contributed by atoms with Crippen molar-refractivity contribution in [3.8, 4) is 0 Å². The Bertz CT molecular complexity index is 612. The summed E-state index contributed by atoms with van der Waals surface area (Å²) in [5.41, 5.74) is 0.450. The van der Waals surface area contributed by atoms with Gasteiger partial charge in [-0.2, -0.15) is 0 Å². The molecule has 0 amide bonds. The van der Waals surface area contributed by atoms with Crippen molar-refractivity contribution in [3.05, 3.63) is 0 Å². The summed E-state index contributed by atoms with van der Waals surface area (Å²) >= 11 is 0. The number of aliphatic hydroxyl groups excluding tert-OH is 2. The van der Waals surface area contributed by atoms with Gasteiger partial charge < -0.3 is 20.1 Å². The zero-order chi connectivity index (χ0) is 20.3. The van der Waals surface area contributed by atoms with Crippen LogP contribution in [0.1, 0.15) is 85.0 Å². The molecule has 4 fully saturated rings. The van der Waals surface area contributed by atoms with Crippen LogP contribution in [0.3, 0.4) is 0 Å². The molecule has 0 radical (unpaired) electrons. The third-order valence-corrected chi connectivity index (χ3v) is 10.2. The van der Waals surface area contributed by atoms with E-state index >= 15 is 0 Å². The van der Waals surface area contributed by atoms with Crippen molar-refractivity contribution in [2.75, 3.05) is 0 Å². The SMILES string of the molecule is CC(CCC(=O)[O-])C1CCC2C3CC(O)C4CC(O)CC[C@]4(C)C3CC[C@]12C.[Na+]. The zero-order valence-corrected chi connectivity index (χ0v) is 20.9. The molecular weight excluding hydrogens is 375 g/mol. The Morgan fingerprint density at radius 2 is 1.66 bits per heavy atom. The largest absolute Gasteiger partial charge is 1.00 e. The van der Waals surface area contributed by atoms with Crippen LogP contribution in [0.2, 0.25) is 0 Å². The predicted molar refractivity (Wildman–Crippen MR) is 106 cm³/mol. The summed E-state index contributed by atoms with van der Waals surface area (Å²) in [5, 5.41) is 32.2. The molecule has 0 aromatic heterocycles. The molecule has 0 saturated heterocycles. The number of carbonyl (C=O) groups excluding carboxylic acids is 1. The molecule has 160 valence electrons. The van der Waals surface area contributed by atoms with Crippen LogP contribution in [-0.4, -0.2) is 28.4 Å². The maximum atomic E-state index is 11.1. The van der Waals surface area contributed by atoms with Gasteiger partial charge in [0.05, 0.1) is 12.2 Å². The van der Waals surface area contributed by atoms with Crippen LogP contribution in [0.25, 0.3) is 0 Å². The van der Waals surface area contributed by atoms with Crippen molar-refractivity contribution in [1.29, 1.82) is 0 Å². The zero-order valence-electron chi connectivity index (χ0n) is 18.9. The fraction of sp³-hybridized carbons (Fsp3) is 0.958. The van der Waals surface area contributed by atoms with E-state index in [1.54, 1.807) is 0 Å². The molecule has 4 aliphatic rings. The van der Waals surface area contributed by atoms with Crippen molar-refractivity contribution in [2.24, 2.45) is 46.3 Å². The Hall–Kier alpha value is 0.390. The Kier molecular flexibility index (Phi) is 7.24. The second kappa shape index (κ2) is 8.73. The van der Waals surface area contributed by atoms with Crippen LogP contribution in [-0.2, 0) is 4.79 Å². The van der Waals surface area contributed by atoms with Gasteiger partial charge in [-0.15, -0.1) is 0 Å². The van der Waals surface area contributed by atoms with Crippen LogP contribution >= 0.6 is 0 Å². The standard InChI is InChI=1S/C24H40O4.Na/c1-14(4-7-22(27)28)17-5-6-18-16-13-21(26)20-12-15(25)8-10-24(20,3)19(16)9-11-23(17,18)2;/h14-21,25-26H,4-13H2,1-3H3,(H,27,28);/q;+1/p-1/t14?,15?,16?,17?,18?,19?,20?,21?,23-,24-;/m1./s1. The maximum absolute atomic E-state index is 11.1. The average Bonchev–Trinajstić information content (AvgIpc) is 2.99. The first-order chi connectivity index (χ1) is 13.2. The summed E-state index contributed by atoms with van der Waals surface area (Å²) in [7, 11) is 0. The number of carboxylic acids is 1. The molecule has 29 heavy (non-hydrogen) atoms. The van der Waals surface area contributed by atoms with Crippen molar-refractivity contribution >= 4 is 5.97 Å². The number of fused-ring (bicyclic) bond motifs is 5. The van der Waals surface area contributed by atoms with Gasteiger partial charge in [0.25, 0.3) is 0 Å². The van der Waals surface area contributed by atoms with E-state index in [1.807, 2.05) is 0 Å². The molecule has 0 bridgehead atoms. The van der Waals surface area contributed by atoms with E-state index in [4.69, 9.17) is 0 Å². The van der Waals surface area contributed by atoms with Crippen LogP contribution in [0, 0.1) is 46.3 Å². The smallest absolute Gasteiger partial charge is 0.550 e. The van der Waals surface area contributed by atoms with E-state index in [0.717, 1.165) is 32.1 Å². The van der Waals surface area contributed by atoms with Gasteiger partial charge in [0, 0.05) is 5.97 Å². The number of aliphatic hydroxyl groups is 2. The number of carboxylic acid groups (broad SMARTS) is 1. The quantitative estimate of drug-likeness (QED) is 0.642. The monoisotopic (exact) mass is 414 g/mol. The van der Waals surface area contributed by atoms with Gasteiger partial charge in [0.1, 0.15) is 0 Å². The summed E-state index contributed by atoms with van der Waals surface area (Å²) in [6.07, 6.45) is 8.88. The van der Waals surface area contributed by atoms with Gasteiger partial charge in [-0.1, -0.05) is 20.8 Å². The predicted octanol–water partition coefficient (Wildman–Crippen LogP) is 0.147. The van der Waals surface area contributed by atoms with Gasteiger partial charge in [0.2, 0.25) is 0 Å². The third kappa shape index (κ3) is 3.99. The first-order valence-electron chi connectivity index (χ1n) is 11.7. The Morgan fingerprint density at radius 1 is 1.00 bits per heavy atom. The minimum absolute atomic E-state index is 0. The molecule has 10 atom stereocenters. The van der Waals surface area contributed by atoms with Gasteiger partial charge in [-0.05, 0) is 111 Å². The van der Waals surface area contributed by atoms with Crippen molar-refractivity contribution in [1.82, 2.24) is 0 Å². The molecule has 4 saturated carbocycles. The first kappa shape index (κ1) is 24.0. The molecule has 4 aliphatic carbocycles. The summed E-state index contributed by atoms with van der Waals surface area (Å²) in [5.74, 6) is 2.25. The number of carbonyl (C=O) groups is 1. The topological polar surface area (TPSA) is 80.6 Å². The average molecular weight is 415 g/mol. The van der Waals surface area contributed by atoms with Crippen LogP contribution in [0.5, 0.6) is 0 Å².